The normalized spacial score (nSPS) is 22.4. The Morgan fingerprint density at radius 3 is 2.58 bits per heavy atom. The topological polar surface area (TPSA) is 90.5 Å². The highest BCUT2D eigenvalue weighted by Crippen LogP contribution is 2.41. The zero-order valence-electron chi connectivity index (χ0n) is 19.3. The van der Waals surface area contributed by atoms with E-state index in [0.717, 1.165) is 38.5 Å². The number of carbonyl (C=O) groups excluding carboxylic acids is 3. The van der Waals surface area contributed by atoms with Crippen molar-refractivity contribution >= 4 is 18.6 Å². The van der Waals surface area contributed by atoms with Crippen molar-refractivity contribution in [2.24, 2.45) is 11.3 Å². The lowest BCUT2D eigenvalue weighted by Gasteiger charge is -2.32. The molecule has 2 unspecified atom stereocenters. The van der Waals surface area contributed by atoms with E-state index in [1.807, 2.05) is 31.4 Å². The van der Waals surface area contributed by atoms with E-state index >= 15 is 0 Å². The fourth-order valence-corrected chi connectivity index (χ4v) is 4.74. The first-order chi connectivity index (χ1) is 14.9. The highest BCUT2D eigenvalue weighted by molar-refractivity contribution is 5.83. The van der Waals surface area contributed by atoms with Gasteiger partial charge in [-0.15, -0.1) is 0 Å². The first-order valence-corrected chi connectivity index (χ1v) is 11.6. The second-order valence-electron chi connectivity index (χ2n) is 9.63. The van der Waals surface area contributed by atoms with Gasteiger partial charge in [0.1, 0.15) is 12.3 Å². The molecule has 3 N–H and O–H groups in total. The second kappa shape index (κ2) is 12.6. The van der Waals surface area contributed by atoms with Gasteiger partial charge >= 0.3 is 0 Å². The number of carbonyl (C=O) groups is 3. The molecule has 2 amide bonds. The summed E-state index contributed by atoms with van der Waals surface area (Å²) in [6, 6.07) is -0.446. The van der Waals surface area contributed by atoms with E-state index < -0.39 is 6.04 Å². The molecule has 0 radical (unpaired) electrons. The highest BCUT2D eigenvalue weighted by atomic mass is 16.2. The van der Waals surface area contributed by atoms with Crippen LogP contribution in [0.15, 0.2) is 24.4 Å². The highest BCUT2D eigenvalue weighted by Gasteiger charge is 2.34. The van der Waals surface area contributed by atoms with Gasteiger partial charge in [0.05, 0.1) is 12.7 Å². The fourth-order valence-electron chi connectivity index (χ4n) is 4.74. The van der Waals surface area contributed by atoms with Crippen molar-refractivity contribution in [2.45, 2.75) is 84.0 Å². The maximum Gasteiger partial charge on any atom is 0.242 e. The molecule has 1 saturated carbocycles. The standard InChI is InChI=1S/C24H40N4O3/c1-19(17-28(14-15-29)22-8-4-7-13-25-22)9-10-20(2)27-23(31)21(26-18-30)16-24(3)11-5-6-12-24/h4,7-8,13,15,18-22,25H,5-6,9-12,14,16-17H2,1-3H3,(H,26,30)(H,27,31)/t19-,20-,21?,22?/m1/s1. The first-order valence-electron chi connectivity index (χ1n) is 11.6. The third kappa shape index (κ3) is 8.48. The van der Waals surface area contributed by atoms with Crippen LogP contribution in [0, 0.1) is 11.3 Å². The van der Waals surface area contributed by atoms with Gasteiger partial charge in [0.15, 0.2) is 0 Å². The molecule has 174 valence electrons. The van der Waals surface area contributed by atoms with Crippen molar-refractivity contribution < 1.29 is 14.4 Å². The number of hydrogen-bond acceptors (Lipinski definition) is 5. The van der Waals surface area contributed by atoms with Crippen LogP contribution in [0.1, 0.15) is 65.7 Å². The predicted molar refractivity (Wildman–Crippen MR) is 123 cm³/mol. The summed E-state index contributed by atoms with van der Waals surface area (Å²) >= 11 is 0. The molecule has 1 aliphatic carbocycles. The average Bonchev–Trinajstić information content (AvgIpc) is 3.18. The summed E-state index contributed by atoms with van der Waals surface area (Å²) in [5.41, 5.74) is 0.134. The molecule has 0 aromatic rings. The van der Waals surface area contributed by atoms with E-state index in [-0.39, 0.29) is 23.5 Å². The second-order valence-corrected chi connectivity index (χ2v) is 9.63. The Bertz CT molecular complexity index is 643. The van der Waals surface area contributed by atoms with Gasteiger partial charge in [0.2, 0.25) is 12.3 Å². The van der Waals surface area contributed by atoms with Crippen LogP contribution in [-0.2, 0) is 14.4 Å². The van der Waals surface area contributed by atoms with E-state index in [1.165, 1.54) is 12.8 Å². The molecule has 1 aliphatic heterocycles. The summed E-state index contributed by atoms with van der Waals surface area (Å²) < 4.78 is 0. The molecule has 0 aromatic carbocycles. The van der Waals surface area contributed by atoms with Gasteiger partial charge in [-0.3, -0.25) is 14.5 Å². The Kier molecular flexibility index (Phi) is 10.2. The predicted octanol–water partition coefficient (Wildman–Crippen LogP) is 2.49. The Morgan fingerprint density at radius 1 is 1.23 bits per heavy atom. The maximum atomic E-state index is 12.8. The zero-order valence-corrected chi connectivity index (χ0v) is 19.3. The molecule has 0 saturated heterocycles. The third-order valence-corrected chi connectivity index (χ3v) is 6.59. The summed E-state index contributed by atoms with van der Waals surface area (Å²) in [5.74, 6) is 0.285. The molecule has 31 heavy (non-hydrogen) atoms. The molecule has 4 atom stereocenters. The molecule has 2 aliphatic rings. The summed E-state index contributed by atoms with van der Waals surface area (Å²) in [4.78, 5) is 37.1. The van der Waals surface area contributed by atoms with Gasteiger partial charge in [0.25, 0.3) is 0 Å². The SMILES string of the molecule is C[C@H](CC[C@@H](C)NC(=O)C(CC1(C)CCCC1)NC=O)CN(CC=O)C1C=CC=CN1. The lowest BCUT2D eigenvalue weighted by molar-refractivity contribution is -0.126. The summed E-state index contributed by atoms with van der Waals surface area (Å²) in [6.45, 7) is 7.58. The quantitative estimate of drug-likeness (QED) is 0.367. The van der Waals surface area contributed by atoms with Crippen LogP contribution in [-0.4, -0.2) is 54.8 Å². The monoisotopic (exact) mass is 432 g/mol. The van der Waals surface area contributed by atoms with Gasteiger partial charge in [-0.05, 0) is 68.7 Å². The van der Waals surface area contributed by atoms with Crippen molar-refractivity contribution in [1.82, 2.24) is 20.9 Å². The van der Waals surface area contributed by atoms with E-state index in [0.29, 0.717) is 25.3 Å². The minimum Gasteiger partial charge on any atom is -0.372 e. The van der Waals surface area contributed by atoms with Crippen molar-refractivity contribution in [1.29, 1.82) is 0 Å². The van der Waals surface area contributed by atoms with E-state index in [2.05, 4.69) is 34.7 Å². The van der Waals surface area contributed by atoms with Crippen LogP contribution in [0.2, 0.25) is 0 Å². The minimum atomic E-state index is -0.472. The lowest BCUT2D eigenvalue weighted by atomic mass is 9.82. The maximum absolute atomic E-state index is 12.8. The summed E-state index contributed by atoms with van der Waals surface area (Å²) in [6.07, 6.45) is 16.6. The molecule has 7 heteroatoms. The number of dihydropyridines is 1. The van der Waals surface area contributed by atoms with Gasteiger partial charge in [-0.1, -0.05) is 32.8 Å². The molecule has 1 heterocycles. The van der Waals surface area contributed by atoms with Gasteiger partial charge < -0.3 is 20.7 Å². The zero-order chi connectivity index (χ0) is 22.7. The minimum absolute atomic E-state index is 0.0254. The number of allylic oxidation sites excluding steroid dienone is 2. The molecule has 0 aromatic heterocycles. The molecule has 0 bridgehead atoms. The van der Waals surface area contributed by atoms with Crippen LogP contribution in [0.3, 0.4) is 0 Å². The Labute approximate surface area is 187 Å². The molecule has 7 nitrogen and oxygen atoms in total. The summed E-state index contributed by atoms with van der Waals surface area (Å²) in [7, 11) is 0. The van der Waals surface area contributed by atoms with Crippen molar-refractivity contribution in [2.75, 3.05) is 13.1 Å². The molecular weight excluding hydrogens is 392 g/mol. The Balaban J connectivity index is 1.78. The van der Waals surface area contributed by atoms with Crippen LogP contribution in [0.5, 0.6) is 0 Å². The fraction of sp³-hybridized carbons (Fsp3) is 0.708. The Hall–Kier alpha value is -2.15. The first kappa shape index (κ1) is 25.1. The van der Waals surface area contributed by atoms with Crippen LogP contribution >= 0.6 is 0 Å². The molecule has 2 rings (SSSR count). The van der Waals surface area contributed by atoms with E-state index in [1.54, 1.807) is 0 Å². The van der Waals surface area contributed by atoms with Crippen molar-refractivity contribution in [3.8, 4) is 0 Å². The van der Waals surface area contributed by atoms with E-state index in [9.17, 15) is 14.4 Å². The number of hydrogen-bond donors (Lipinski definition) is 3. The number of aldehydes is 1. The van der Waals surface area contributed by atoms with Gasteiger partial charge in [0, 0.05) is 12.6 Å². The number of amides is 2. The number of nitrogens with one attached hydrogen (secondary N) is 3. The third-order valence-electron chi connectivity index (χ3n) is 6.59. The molecule has 0 spiro atoms. The Morgan fingerprint density at radius 2 is 1.97 bits per heavy atom. The average molecular weight is 433 g/mol. The summed E-state index contributed by atoms with van der Waals surface area (Å²) in [5, 5.41) is 9.08. The molecule has 1 fully saturated rings. The largest absolute Gasteiger partial charge is 0.372 e. The molecular formula is C24H40N4O3. The van der Waals surface area contributed by atoms with Gasteiger partial charge in [-0.2, -0.15) is 0 Å². The lowest BCUT2D eigenvalue weighted by Crippen LogP contribution is -2.48. The van der Waals surface area contributed by atoms with Crippen LogP contribution < -0.4 is 16.0 Å². The number of rotatable bonds is 14. The smallest absolute Gasteiger partial charge is 0.242 e. The van der Waals surface area contributed by atoms with Crippen LogP contribution in [0.25, 0.3) is 0 Å². The van der Waals surface area contributed by atoms with Crippen molar-refractivity contribution in [3.05, 3.63) is 24.4 Å². The number of nitrogens with zero attached hydrogens (tertiary/aromatic N) is 1. The van der Waals surface area contributed by atoms with Crippen molar-refractivity contribution in [3.63, 3.8) is 0 Å². The van der Waals surface area contributed by atoms with Crippen LogP contribution in [0.4, 0.5) is 0 Å². The van der Waals surface area contributed by atoms with E-state index in [4.69, 9.17) is 0 Å². The van der Waals surface area contributed by atoms with Gasteiger partial charge in [-0.25, -0.2) is 0 Å².